The molecule has 2 rings (SSSR count). The normalized spacial score (nSPS) is 15.6. The second-order valence-electron chi connectivity index (χ2n) is 4.11. The van der Waals surface area contributed by atoms with E-state index in [1.807, 2.05) is 24.3 Å². The van der Waals surface area contributed by atoms with E-state index < -0.39 is 6.03 Å². The van der Waals surface area contributed by atoms with E-state index in [2.05, 4.69) is 10.5 Å². The lowest BCUT2D eigenvalue weighted by atomic mass is 10.2. The van der Waals surface area contributed by atoms with E-state index in [0.717, 1.165) is 11.3 Å². The third-order valence-electron chi connectivity index (χ3n) is 2.58. The Morgan fingerprint density at radius 1 is 1.40 bits per heavy atom. The number of hydrogen-bond donors (Lipinski definition) is 2. The Morgan fingerprint density at radius 2 is 2.10 bits per heavy atom. The molecule has 3 N–H and O–H groups in total. The van der Waals surface area contributed by atoms with Crippen LogP contribution in [0, 0.1) is 0 Å². The predicted molar refractivity (Wildman–Crippen MR) is 72.6 cm³/mol. The minimum Gasteiger partial charge on any atom is -0.493 e. The highest BCUT2D eigenvalue weighted by Crippen LogP contribution is 2.13. The maximum absolute atomic E-state index is 10.4. The number of ether oxygens (including phenoxy) is 3. The van der Waals surface area contributed by atoms with E-state index in [4.69, 9.17) is 19.9 Å². The molecule has 7 heteroatoms. The number of primary amides is 1. The number of urea groups is 1. The van der Waals surface area contributed by atoms with Crippen molar-refractivity contribution in [3.05, 3.63) is 29.8 Å². The van der Waals surface area contributed by atoms with Crippen molar-refractivity contribution in [2.24, 2.45) is 10.8 Å². The summed E-state index contributed by atoms with van der Waals surface area (Å²) in [6, 6.07) is 6.59. The molecule has 1 aromatic rings. The molecular weight excluding hydrogens is 262 g/mol. The number of amides is 2. The summed E-state index contributed by atoms with van der Waals surface area (Å²) in [5.74, 6) is 0.753. The van der Waals surface area contributed by atoms with Crippen LogP contribution in [0.25, 0.3) is 0 Å². The monoisotopic (exact) mass is 279 g/mol. The zero-order chi connectivity index (χ0) is 14.2. The van der Waals surface area contributed by atoms with Crippen molar-refractivity contribution in [2.75, 3.05) is 19.8 Å². The number of nitrogens with two attached hydrogens (primary N) is 1. The molecule has 0 spiro atoms. The van der Waals surface area contributed by atoms with Gasteiger partial charge in [-0.1, -0.05) is 0 Å². The molecule has 0 radical (unpaired) electrons. The number of hydrogen-bond acceptors (Lipinski definition) is 5. The molecule has 1 fully saturated rings. The highest BCUT2D eigenvalue weighted by molar-refractivity contribution is 5.81. The van der Waals surface area contributed by atoms with Crippen molar-refractivity contribution in [1.29, 1.82) is 0 Å². The van der Waals surface area contributed by atoms with Crippen LogP contribution in [0.1, 0.15) is 12.0 Å². The first-order valence-corrected chi connectivity index (χ1v) is 6.28. The molecule has 0 saturated carbocycles. The molecule has 0 atom stereocenters. The second kappa shape index (κ2) is 7.46. The Kier molecular flexibility index (Phi) is 5.33. The van der Waals surface area contributed by atoms with Gasteiger partial charge in [0.2, 0.25) is 0 Å². The molecule has 0 bridgehead atoms. The molecule has 1 saturated heterocycles. The first-order valence-electron chi connectivity index (χ1n) is 6.28. The number of hydrazone groups is 1. The fourth-order valence-corrected chi connectivity index (χ4v) is 1.67. The minimum absolute atomic E-state index is 0.152. The van der Waals surface area contributed by atoms with Crippen LogP contribution >= 0.6 is 0 Å². The number of carbonyl (C=O) groups is 1. The van der Waals surface area contributed by atoms with Crippen molar-refractivity contribution in [2.45, 2.75) is 12.7 Å². The first-order chi connectivity index (χ1) is 9.74. The maximum atomic E-state index is 10.4. The third kappa shape index (κ3) is 4.87. The molecular formula is C13H17N3O4. The molecule has 20 heavy (non-hydrogen) atoms. The van der Waals surface area contributed by atoms with Gasteiger partial charge in [0.05, 0.1) is 26.0 Å². The summed E-state index contributed by atoms with van der Waals surface area (Å²) in [5, 5.41) is 3.66. The van der Waals surface area contributed by atoms with Crippen molar-refractivity contribution in [3.8, 4) is 5.75 Å². The van der Waals surface area contributed by atoms with Crippen molar-refractivity contribution in [3.63, 3.8) is 0 Å². The van der Waals surface area contributed by atoms with Crippen molar-refractivity contribution < 1.29 is 19.0 Å². The summed E-state index contributed by atoms with van der Waals surface area (Å²) in [5.41, 5.74) is 7.83. The summed E-state index contributed by atoms with van der Waals surface area (Å²) >= 11 is 0. The number of carbonyl (C=O) groups excluding carboxylic acids is 1. The standard InChI is InChI=1S/C13H17N3O4/c14-13(17)16-15-9-10-1-3-11(4-2-10)18-6-5-12-19-7-8-20-12/h1-4,9,12H,5-8H2,(H3,14,16,17). The molecule has 1 aliphatic rings. The van der Waals surface area contributed by atoms with Gasteiger partial charge in [-0.25, -0.2) is 10.2 Å². The van der Waals surface area contributed by atoms with Crippen molar-refractivity contribution in [1.82, 2.24) is 5.43 Å². The molecule has 0 aromatic heterocycles. The van der Waals surface area contributed by atoms with Gasteiger partial charge in [-0.3, -0.25) is 0 Å². The zero-order valence-corrected chi connectivity index (χ0v) is 11.0. The molecule has 1 heterocycles. The van der Waals surface area contributed by atoms with Gasteiger partial charge in [0, 0.05) is 6.42 Å². The van der Waals surface area contributed by atoms with E-state index >= 15 is 0 Å². The molecule has 2 amide bonds. The molecule has 1 aliphatic heterocycles. The lowest BCUT2D eigenvalue weighted by Gasteiger charge is -2.10. The van der Waals surface area contributed by atoms with Gasteiger partial charge >= 0.3 is 6.03 Å². The van der Waals surface area contributed by atoms with Crippen LogP contribution in [0.4, 0.5) is 4.79 Å². The van der Waals surface area contributed by atoms with Gasteiger partial charge in [0.15, 0.2) is 6.29 Å². The number of rotatable bonds is 6. The second-order valence-corrected chi connectivity index (χ2v) is 4.11. The van der Waals surface area contributed by atoms with Crippen LogP contribution in [-0.4, -0.2) is 38.4 Å². The Morgan fingerprint density at radius 3 is 2.75 bits per heavy atom. The summed E-state index contributed by atoms with van der Waals surface area (Å²) in [4.78, 5) is 10.4. The first kappa shape index (κ1) is 14.3. The number of nitrogens with one attached hydrogen (secondary N) is 1. The summed E-state index contributed by atoms with van der Waals surface area (Å²) in [7, 11) is 0. The zero-order valence-electron chi connectivity index (χ0n) is 11.0. The smallest absolute Gasteiger partial charge is 0.332 e. The van der Waals surface area contributed by atoms with Gasteiger partial charge in [-0.05, 0) is 29.8 Å². The van der Waals surface area contributed by atoms with Crippen LogP contribution < -0.4 is 15.9 Å². The SMILES string of the molecule is NC(=O)NN=Cc1ccc(OCCC2OCCO2)cc1. The van der Waals surface area contributed by atoms with Crippen LogP contribution in [0.5, 0.6) is 5.75 Å². The van der Waals surface area contributed by atoms with Gasteiger partial charge < -0.3 is 19.9 Å². The van der Waals surface area contributed by atoms with Gasteiger partial charge in [0.1, 0.15) is 5.75 Å². The van der Waals surface area contributed by atoms with Crippen LogP contribution in [0.15, 0.2) is 29.4 Å². The Balaban J connectivity index is 1.73. The van der Waals surface area contributed by atoms with E-state index in [-0.39, 0.29) is 6.29 Å². The fourth-order valence-electron chi connectivity index (χ4n) is 1.67. The maximum Gasteiger partial charge on any atom is 0.332 e. The quantitative estimate of drug-likeness (QED) is 0.595. The molecule has 0 unspecified atom stereocenters. The van der Waals surface area contributed by atoms with Gasteiger partial charge in [-0.15, -0.1) is 0 Å². The molecule has 7 nitrogen and oxygen atoms in total. The number of benzene rings is 1. The predicted octanol–water partition coefficient (Wildman–Crippen LogP) is 0.831. The summed E-state index contributed by atoms with van der Waals surface area (Å²) in [6.07, 6.45) is 2.04. The fraction of sp³-hybridized carbons (Fsp3) is 0.385. The lowest BCUT2D eigenvalue weighted by Crippen LogP contribution is -2.24. The van der Waals surface area contributed by atoms with Crippen molar-refractivity contribution >= 4 is 12.2 Å². The molecule has 0 aliphatic carbocycles. The average molecular weight is 279 g/mol. The highest BCUT2D eigenvalue weighted by atomic mass is 16.7. The van der Waals surface area contributed by atoms with Crippen LogP contribution in [0.3, 0.4) is 0 Å². The van der Waals surface area contributed by atoms with E-state index in [9.17, 15) is 4.79 Å². The Hall–Kier alpha value is -2.12. The number of nitrogens with zero attached hydrogens (tertiary/aromatic N) is 1. The average Bonchev–Trinajstić information content (AvgIpc) is 2.93. The summed E-state index contributed by atoms with van der Waals surface area (Å²) < 4.78 is 16.2. The third-order valence-corrected chi connectivity index (χ3v) is 2.58. The Labute approximate surface area is 116 Å². The topological polar surface area (TPSA) is 95.2 Å². The van der Waals surface area contributed by atoms with Gasteiger partial charge in [-0.2, -0.15) is 5.10 Å². The van der Waals surface area contributed by atoms with Gasteiger partial charge in [0.25, 0.3) is 0 Å². The van der Waals surface area contributed by atoms with E-state index in [0.29, 0.717) is 26.2 Å². The minimum atomic E-state index is -0.697. The Bertz CT molecular complexity index is 455. The lowest BCUT2D eigenvalue weighted by molar-refractivity contribution is -0.0531. The summed E-state index contributed by atoms with van der Waals surface area (Å²) in [6.45, 7) is 1.83. The largest absolute Gasteiger partial charge is 0.493 e. The highest BCUT2D eigenvalue weighted by Gasteiger charge is 2.15. The van der Waals surface area contributed by atoms with Crippen LogP contribution in [0.2, 0.25) is 0 Å². The molecule has 108 valence electrons. The van der Waals surface area contributed by atoms with E-state index in [1.54, 1.807) is 0 Å². The van der Waals surface area contributed by atoms with E-state index in [1.165, 1.54) is 6.21 Å². The van der Waals surface area contributed by atoms with Crippen LogP contribution in [-0.2, 0) is 9.47 Å². The molecule has 1 aromatic carbocycles.